The normalized spacial score (nSPS) is 10.5. The highest BCUT2D eigenvalue weighted by Crippen LogP contribution is 2.12. The smallest absolute Gasteiger partial charge is 0.119 e. The van der Waals surface area contributed by atoms with Crippen molar-refractivity contribution >= 4 is 0 Å². The first-order chi connectivity index (χ1) is 10.4. The molecular formula is C17H23N3O. The SMILES string of the molecule is C=CCOc1ccc(CNCCCCn2ccnc2)cc1. The number of nitrogens with zero attached hydrogens (tertiary/aromatic N) is 2. The van der Waals surface area contributed by atoms with Crippen LogP contribution in [0.2, 0.25) is 0 Å². The molecule has 1 aromatic heterocycles. The number of aromatic nitrogens is 2. The first-order valence-electron chi connectivity index (χ1n) is 7.37. The van der Waals surface area contributed by atoms with E-state index in [1.165, 1.54) is 12.0 Å². The molecule has 0 spiro atoms. The minimum absolute atomic E-state index is 0.550. The van der Waals surface area contributed by atoms with Gasteiger partial charge in [-0.15, -0.1) is 0 Å². The van der Waals surface area contributed by atoms with Gasteiger partial charge >= 0.3 is 0 Å². The topological polar surface area (TPSA) is 39.1 Å². The summed E-state index contributed by atoms with van der Waals surface area (Å²) in [5.41, 5.74) is 1.27. The van der Waals surface area contributed by atoms with E-state index in [0.717, 1.165) is 31.8 Å². The van der Waals surface area contributed by atoms with E-state index in [9.17, 15) is 0 Å². The van der Waals surface area contributed by atoms with Gasteiger partial charge in [0.1, 0.15) is 12.4 Å². The molecule has 2 rings (SSSR count). The van der Waals surface area contributed by atoms with E-state index in [0.29, 0.717) is 6.61 Å². The van der Waals surface area contributed by atoms with E-state index in [4.69, 9.17) is 4.74 Å². The van der Waals surface area contributed by atoms with Gasteiger partial charge in [0, 0.05) is 25.5 Å². The first kappa shape index (κ1) is 15.3. The van der Waals surface area contributed by atoms with Gasteiger partial charge in [0.25, 0.3) is 0 Å². The van der Waals surface area contributed by atoms with Crippen molar-refractivity contribution < 1.29 is 4.74 Å². The maximum Gasteiger partial charge on any atom is 0.119 e. The van der Waals surface area contributed by atoms with Crippen molar-refractivity contribution in [2.24, 2.45) is 0 Å². The van der Waals surface area contributed by atoms with Gasteiger partial charge in [0.2, 0.25) is 0 Å². The number of aryl methyl sites for hydroxylation is 1. The van der Waals surface area contributed by atoms with Crippen molar-refractivity contribution in [1.82, 2.24) is 14.9 Å². The fourth-order valence-electron chi connectivity index (χ4n) is 2.05. The molecule has 1 N–H and O–H groups in total. The Hall–Kier alpha value is -2.07. The zero-order valence-electron chi connectivity index (χ0n) is 12.4. The van der Waals surface area contributed by atoms with Gasteiger partial charge in [-0.25, -0.2) is 4.98 Å². The van der Waals surface area contributed by atoms with Gasteiger partial charge in [-0.05, 0) is 37.1 Å². The molecule has 0 unspecified atom stereocenters. The molecule has 0 saturated carbocycles. The molecular weight excluding hydrogens is 262 g/mol. The van der Waals surface area contributed by atoms with Crippen LogP contribution in [0.15, 0.2) is 55.6 Å². The highest BCUT2D eigenvalue weighted by molar-refractivity contribution is 5.27. The molecule has 0 fully saturated rings. The number of benzene rings is 1. The lowest BCUT2D eigenvalue weighted by molar-refractivity contribution is 0.363. The van der Waals surface area contributed by atoms with Crippen molar-refractivity contribution in [3.63, 3.8) is 0 Å². The first-order valence-corrected chi connectivity index (χ1v) is 7.37. The molecule has 1 heterocycles. The Morgan fingerprint density at radius 3 is 2.81 bits per heavy atom. The van der Waals surface area contributed by atoms with Crippen LogP contribution in [0.4, 0.5) is 0 Å². The lowest BCUT2D eigenvalue weighted by atomic mass is 10.2. The molecule has 0 bridgehead atoms. The van der Waals surface area contributed by atoms with Gasteiger partial charge < -0.3 is 14.6 Å². The fraction of sp³-hybridized carbons (Fsp3) is 0.353. The fourth-order valence-corrected chi connectivity index (χ4v) is 2.05. The zero-order valence-corrected chi connectivity index (χ0v) is 12.4. The van der Waals surface area contributed by atoms with Crippen molar-refractivity contribution in [3.8, 4) is 5.75 Å². The molecule has 0 saturated heterocycles. The van der Waals surface area contributed by atoms with E-state index in [-0.39, 0.29) is 0 Å². The molecule has 0 atom stereocenters. The summed E-state index contributed by atoms with van der Waals surface area (Å²) in [6, 6.07) is 8.19. The minimum atomic E-state index is 0.550. The standard InChI is InChI=1S/C17H23N3O/c1-2-13-21-17-7-5-16(6-8-17)14-18-9-3-4-11-20-12-10-19-15-20/h2,5-8,10,12,15,18H,1,3-4,9,11,13-14H2. The van der Waals surface area contributed by atoms with Crippen molar-refractivity contribution in [2.45, 2.75) is 25.9 Å². The van der Waals surface area contributed by atoms with Crippen LogP contribution < -0.4 is 10.1 Å². The van der Waals surface area contributed by atoms with Crippen molar-refractivity contribution in [3.05, 3.63) is 61.2 Å². The second-order valence-corrected chi connectivity index (χ2v) is 4.93. The largest absolute Gasteiger partial charge is 0.490 e. The Labute approximate surface area is 126 Å². The van der Waals surface area contributed by atoms with Gasteiger partial charge in [-0.2, -0.15) is 0 Å². The van der Waals surface area contributed by atoms with Crippen LogP contribution in [0.1, 0.15) is 18.4 Å². The average Bonchev–Trinajstić information content (AvgIpc) is 3.03. The lowest BCUT2D eigenvalue weighted by Crippen LogP contribution is -2.15. The number of imidazole rings is 1. The summed E-state index contributed by atoms with van der Waals surface area (Å²) in [6.45, 7) is 7.15. The molecule has 0 aliphatic heterocycles. The summed E-state index contributed by atoms with van der Waals surface area (Å²) in [4.78, 5) is 4.03. The van der Waals surface area contributed by atoms with Crippen molar-refractivity contribution in [1.29, 1.82) is 0 Å². The Morgan fingerprint density at radius 2 is 2.10 bits per heavy atom. The lowest BCUT2D eigenvalue weighted by Gasteiger charge is -2.07. The molecule has 21 heavy (non-hydrogen) atoms. The van der Waals surface area contributed by atoms with Crippen LogP contribution in [0.3, 0.4) is 0 Å². The second-order valence-electron chi connectivity index (χ2n) is 4.93. The summed E-state index contributed by atoms with van der Waals surface area (Å²) in [5.74, 6) is 0.888. The summed E-state index contributed by atoms with van der Waals surface area (Å²) in [6.07, 6.45) is 9.77. The molecule has 2 aromatic rings. The highest BCUT2D eigenvalue weighted by atomic mass is 16.5. The molecule has 0 aliphatic carbocycles. The summed E-state index contributed by atoms with van der Waals surface area (Å²) in [7, 11) is 0. The number of hydrogen-bond acceptors (Lipinski definition) is 3. The molecule has 0 amide bonds. The van der Waals surface area contributed by atoms with Crippen LogP contribution in [-0.4, -0.2) is 22.7 Å². The molecule has 4 heteroatoms. The Bertz CT molecular complexity index is 505. The van der Waals surface area contributed by atoms with E-state index in [1.807, 2.05) is 30.9 Å². The van der Waals surface area contributed by atoms with E-state index >= 15 is 0 Å². The second kappa shape index (κ2) is 8.97. The Kier molecular flexibility index (Phi) is 6.55. The summed E-state index contributed by atoms with van der Waals surface area (Å²) >= 11 is 0. The predicted molar refractivity (Wildman–Crippen MR) is 85.3 cm³/mol. The minimum Gasteiger partial charge on any atom is -0.490 e. The van der Waals surface area contributed by atoms with Crippen LogP contribution in [-0.2, 0) is 13.1 Å². The van der Waals surface area contributed by atoms with Gasteiger partial charge in [-0.3, -0.25) is 0 Å². The molecule has 0 aliphatic rings. The summed E-state index contributed by atoms with van der Waals surface area (Å²) in [5, 5.41) is 3.46. The third kappa shape index (κ3) is 5.83. The van der Waals surface area contributed by atoms with Gasteiger partial charge in [0.05, 0.1) is 6.33 Å². The number of rotatable bonds is 10. The molecule has 112 valence electrons. The highest BCUT2D eigenvalue weighted by Gasteiger charge is 1.96. The van der Waals surface area contributed by atoms with E-state index in [1.54, 1.807) is 6.08 Å². The van der Waals surface area contributed by atoms with Crippen LogP contribution in [0.25, 0.3) is 0 Å². The van der Waals surface area contributed by atoms with Crippen LogP contribution >= 0.6 is 0 Å². The monoisotopic (exact) mass is 285 g/mol. The number of unbranched alkanes of at least 4 members (excludes halogenated alkanes) is 1. The van der Waals surface area contributed by atoms with Crippen LogP contribution in [0.5, 0.6) is 5.75 Å². The maximum atomic E-state index is 5.46. The Morgan fingerprint density at radius 1 is 1.24 bits per heavy atom. The van der Waals surface area contributed by atoms with Crippen molar-refractivity contribution in [2.75, 3.05) is 13.2 Å². The molecule has 1 aromatic carbocycles. The average molecular weight is 285 g/mol. The Balaban J connectivity index is 1.56. The third-order valence-corrected chi connectivity index (χ3v) is 3.20. The quantitative estimate of drug-likeness (QED) is 0.539. The number of ether oxygens (including phenoxy) is 1. The maximum absolute atomic E-state index is 5.46. The van der Waals surface area contributed by atoms with E-state index < -0.39 is 0 Å². The van der Waals surface area contributed by atoms with Gasteiger partial charge in [0.15, 0.2) is 0 Å². The summed E-state index contributed by atoms with van der Waals surface area (Å²) < 4.78 is 7.57. The number of hydrogen-bond donors (Lipinski definition) is 1. The molecule has 4 nitrogen and oxygen atoms in total. The molecule has 0 radical (unpaired) electrons. The van der Waals surface area contributed by atoms with Gasteiger partial charge in [-0.1, -0.05) is 24.8 Å². The number of nitrogens with one attached hydrogen (secondary N) is 1. The van der Waals surface area contributed by atoms with Crippen LogP contribution in [0, 0.1) is 0 Å². The van der Waals surface area contributed by atoms with E-state index in [2.05, 4.69) is 33.6 Å². The predicted octanol–water partition coefficient (Wildman–Crippen LogP) is 3.02. The zero-order chi connectivity index (χ0) is 14.8. The third-order valence-electron chi connectivity index (χ3n) is 3.20.